The quantitative estimate of drug-likeness (QED) is 0.628. The van der Waals surface area contributed by atoms with Gasteiger partial charge in [0, 0.05) is 5.69 Å². The summed E-state index contributed by atoms with van der Waals surface area (Å²) in [5.74, 6) is 0.546. The van der Waals surface area contributed by atoms with Gasteiger partial charge in [-0.3, -0.25) is 4.79 Å². The first-order chi connectivity index (χ1) is 13.6. The summed E-state index contributed by atoms with van der Waals surface area (Å²) in [6.45, 7) is 1.78. The predicted octanol–water partition coefficient (Wildman–Crippen LogP) is 5.41. The molecule has 1 aliphatic carbocycles. The van der Waals surface area contributed by atoms with Crippen LogP contribution in [0.5, 0.6) is 5.75 Å². The number of halogens is 1. The Hall–Kier alpha value is -2.79. The first-order valence-electron chi connectivity index (χ1n) is 9.50. The fourth-order valence-electron chi connectivity index (χ4n) is 3.51. The highest BCUT2D eigenvalue weighted by Gasteiger charge is 2.21. The van der Waals surface area contributed by atoms with Crippen molar-refractivity contribution in [3.63, 3.8) is 0 Å². The molecule has 3 aromatic rings. The van der Waals surface area contributed by atoms with Gasteiger partial charge in [0.25, 0.3) is 5.91 Å². The number of hydrogen-bond donors (Lipinski definition) is 1. The molecule has 0 spiro atoms. The van der Waals surface area contributed by atoms with Crippen LogP contribution >= 0.6 is 11.6 Å². The number of hydrogen-bond acceptors (Lipinski definition) is 3. The molecule has 1 heterocycles. The van der Waals surface area contributed by atoms with Crippen LogP contribution in [0.4, 0.5) is 5.69 Å². The number of rotatable bonds is 5. The fourth-order valence-corrected chi connectivity index (χ4v) is 3.86. The number of aryl methyl sites for hydroxylation is 1. The van der Waals surface area contributed by atoms with Crippen molar-refractivity contribution in [3.8, 4) is 11.4 Å². The second kappa shape index (κ2) is 8.07. The smallest absolute Gasteiger partial charge is 0.260 e. The third-order valence-corrected chi connectivity index (χ3v) is 5.30. The van der Waals surface area contributed by atoms with Crippen LogP contribution in [0.25, 0.3) is 5.69 Å². The first kappa shape index (κ1) is 18.6. The zero-order valence-corrected chi connectivity index (χ0v) is 16.4. The van der Waals surface area contributed by atoms with Crippen molar-refractivity contribution in [2.75, 3.05) is 5.32 Å². The van der Waals surface area contributed by atoms with E-state index in [-0.39, 0.29) is 5.91 Å². The number of carbonyl (C=O) groups excluding carboxylic acids is 1. The zero-order chi connectivity index (χ0) is 19.5. The van der Waals surface area contributed by atoms with Crippen LogP contribution < -0.4 is 10.1 Å². The standard InChI is InChI=1S/C22H22ClN3O2/c1-15-20(21(23)26(25-15)17-7-3-2-4-8-17)22(27)24-16-11-13-19(14-12-16)28-18-9-5-6-10-18/h2-4,7-8,11-14,18H,5-6,9-10H2,1H3,(H,24,27). The van der Waals surface area contributed by atoms with Crippen molar-refractivity contribution in [1.29, 1.82) is 0 Å². The molecule has 1 aromatic heterocycles. The average Bonchev–Trinajstić information content (AvgIpc) is 3.31. The van der Waals surface area contributed by atoms with Gasteiger partial charge in [-0.25, -0.2) is 4.68 Å². The maximum Gasteiger partial charge on any atom is 0.260 e. The molecular weight excluding hydrogens is 374 g/mol. The van der Waals surface area contributed by atoms with E-state index in [0.29, 0.717) is 28.2 Å². The molecule has 6 heteroatoms. The van der Waals surface area contributed by atoms with E-state index in [1.165, 1.54) is 12.8 Å². The molecule has 5 nitrogen and oxygen atoms in total. The van der Waals surface area contributed by atoms with Crippen LogP contribution in [0, 0.1) is 6.92 Å². The van der Waals surface area contributed by atoms with E-state index >= 15 is 0 Å². The van der Waals surface area contributed by atoms with Gasteiger partial charge in [-0.15, -0.1) is 0 Å². The van der Waals surface area contributed by atoms with Crippen molar-refractivity contribution >= 4 is 23.2 Å². The Balaban J connectivity index is 1.48. The lowest BCUT2D eigenvalue weighted by molar-refractivity contribution is 0.102. The van der Waals surface area contributed by atoms with E-state index in [4.69, 9.17) is 16.3 Å². The Labute approximate surface area is 169 Å². The van der Waals surface area contributed by atoms with Gasteiger partial charge >= 0.3 is 0 Å². The molecule has 0 saturated heterocycles. The normalized spacial score (nSPS) is 14.2. The summed E-state index contributed by atoms with van der Waals surface area (Å²) in [6.07, 6.45) is 5.00. The van der Waals surface area contributed by atoms with Crippen LogP contribution in [0.15, 0.2) is 54.6 Å². The number of amides is 1. The average molecular weight is 396 g/mol. The monoisotopic (exact) mass is 395 g/mol. The number of para-hydroxylation sites is 1. The van der Waals surface area contributed by atoms with Crippen molar-refractivity contribution in [2.24, 2.45) is 0 Å². The molecule has 144 valence electrons. The summed E-state index contributed by atoms with van der Waals surface area (Å²) in [7, 11) is 0. The molecule has 28 heavy (non-hydrogen) atoms. The topological polar surface area (TPSA) is 56.2 Å². The van der Waals surface area contributed by atoms with E-state index in [0.717, 1.165) is 24.3 Å². The van der Waals surface area contributed by atoms with Crippen LogP contribution in [0.3, 0.4) is 0 Å². The van der Waals surface area contributed by atoms with Crippen LogP contribution in [0.2, 0.25) is 5.15 Å². The van der Waals surface area contributed by atoms with Crippen molar-refractivity contribution < 1.29 is 9.53 Å². The van der Waals surface area contributed by atoms with Crippen LogP contribution in [0.1, 0.15) is 41.7 Å². The minimum atomic E-state index is -0.283. The van der Waals surface area contributed by atoms with Crippen LogP contribution in [-0.4, -0.2) is 21.8 Å². The molecule has 0 aliphatic heterocycles. The van der Waals surface area contributed by atoms with Gasteiger partial charge in [0.15, 0.2) is 0 Å². The fraction of sp³-hybridized carbons (Fsp3) is 0.273. The Bertz CT molecular complexity index is 961. The molecule has 1 fully saturated rings. The number of ether oxygens (including phenoxy) is 1. The van der Waals surface area contributed by atoms with Gasteiger partial charge in [0.2, 0.25) is 0 Å². The predicted molar refractivity (Wildman–Crippen MR) is 111 cm³/mol. The molecule has 0 radical (unpaired) electrons. The van der Waals surface area contributed by atoms with E-state index in [9.17, 15) is 4.79 Å². The number of anilines is 1. The molecule has 1 saturated carbocycles. The third kappa shape index (κ3) is 3.90. The highest BCUT2D eigenvalue weighted by Crippen LogP contribution is 2.27. The third-order valence-electron chi connectivity index (χ3n) is 4.95. The summed E-state index contributed by atoms with van der Waals surface area (Å²) in [5, 5.41) is 7.61. The molecule has 0 atom stereocenters. The molecule has 0 unspecified atom stereocenters. The highest BCUT2D eigenvalue weighted by atomic mass is 35.5. The molecule has 1 N–H and O–H groups in total. The summed E-state index contributed by atoms with van der Waals surface area (Å²) in [6, 6.07) is 17.0. The van der Waals surface area contributed by atoms with Crippen LogP contribution in [-0.2, 0) is 0 Å². The maximum atomic E-state index is 12.8. The Morgan fingerprint density at radius 2 is 1.79 bits per heavy atom. The summed E-state index contributed by atoms with van der Waals surface area (Å²) in [5.41, 5.74) is 2.44. The lowest BCUT2D eigenvalue weighted by Crippen LogP contribution is -2.13. The van der Waals surface area contributed by atoms with Gasteiger partial charge in [0.05, 0.1) is 17.5 Å². The van der Waals surface area contributed by atoms with Gasteiger partial charge < -0.3 is 10.1 Å². The molecule has 4 rings (SSSR count). The Kier molecular flexibility index (Phi) is 5.35. The van der Waals surface area contributed by atoms with Gasteiger partial charge in [0.1, 0.15) is 16.5 Å². The van der Waals surface area contributed by atoms with Crippen molar-refractivity contribution in [2.45, 2.75) is 38.7 Å². The molecule has 1 amide bonds. The number of nitrogens with one attached hydrogen (secondary N) is 1. The van der Waals surface area contributed by atoms with E-state index in [1.54, 1.807) is 11.6 Å². The molecule has 0 bridgehead atoms. The van der Waals surface area contributed by atoms with Crippen molar-refractivity contribution in [3.05, 3.63) is 71.0 Å². The lowest BCUT2D eigenvalue weighted by atomic mass is 10.2. The van der Waals surface area contributed by atoms with E-state index < -0.39 is 0 Å². The maximum absolute atomic E-state index is 12.8. The largest absolute Gasteiger partial charge is 0.490 e. The van der Waals surface area contributed by atoms with Gasteiger partial charge in [-0.05, 0) is 69.0 Å². The number of carbonyl (C=O) groups is 1. The molecule has 1 aliphatic rings. The second-order valence-electron chi connectivity index (χ2n) is 7.00. The van der Waals surface area contributed by atoms with E-state index in [2.05, 4.69) is 10.4 Å². The summed E-state index contributed by atoms with van der Waals surface area (Å²) in [4.78, 5) is 12.8. The molecular formula is C22H22ClN3O2. The molecule has 2 aromatic carbocycles. The Morgan fingerprint density at radius 3 is 2.46 bits per heavy atom. The number of nitrogens with zero attached hydrogens (tertiary/aromatic N) is 2. The summed E-state index contributed by atoms with van der Waals surface area (Å²) >= 11 is 6.47. The zero-order valence-electron chi connectivity index (χ0n) is 15.7. The lowest BCUT2D eigenvalue weighted by Gasteiger charge is -2.13. The number of aromatic nitrogens is 2. The van der Waals surface area contributed by atoms with Gasteiger partial charge in [-0.1, -0.05) is 29.8 Å². The highest BCUT2D eigenvalue weighted by molar-refractivity contribution is 6.34. The number of benzene rings is 2. The van der Waals surface area contributed by atoms with Crippen molar-refractivity contribution in [1.82, 2.24) is 9.78 Å². The van der Waals surface area contributed by atoms with Gasteiger partial charge in [-0.2, -0.15) is 5.10 Å². The van der Waals surface area contributed by atoms with E-state index in [1.807, 2.05) is 54.6 Å². The Morgan fingerprint density at radius 1 is 1.11 bits per heavy atom. The minimum absolute atomic E-state index is 0.283. The second-order valence-corrected chi connectivity index (χ2v) is 7.36. The minimum Gasteiger partial charge on any atom is -0.490 e. The first-order valence-corrected chi connectivity index (χ1v) is 9.88. The summed E-state index contributed by atoms with van der Waals surface area (Å²) < 4.78 is 7.54. The SMILES string of the molecule is Cc1nn(-c2ccccc2)c(Cl)c1C(=O)Nc1ccc(OC2CCCC2)cc1.